The minimum absolute atomic E-state index is 0.00842. The van der Waals surface area contributed by atoms with Crippen LogP contribution in [0.3, 0.4) is 0 Å². The number of carbonyl (C=O) groups is 1. The summed E-state index contributed by atoms with van der Waals surface area (Å²) in [4.78, 5) is 26.7. The number of likely N-dealkylation sites (tertiary alicyclic amines) is 1. The highest BCUT2D eigenvalue weighted by Gasteiger charge is 2.35. The smallest absolute Gasteiger partial charge is 0.250 e. The fraction of sp³-hybridized carbons (Fsp3) is 0.333. The van der Waals surface area contributed by atoms with E-state index in [4.69, 9.17) is 9.47 Å². The van der Waals surface area contributed by atoms with Gasteiger partial charge in [0.1, 0.15) is 0 Å². The van der Waals surface area contributed by atoms with Gasteiger partial charge in [0.2, 0.25) is 12.7 Å². The van der Waals surface area contributed by atoms with Crippen molar-refractivity contribution in [2.24, 2.45) is 5.92 Å². The number of aromatic nitrogens is 1. The molecule has 0 unspecified atom stereocenters. The minimum Gasteiger partial charge on any atom is -0.454 e. The highest BCUT2D eigenvalue weighted by Crippen LogP contribution is 2.35. The predicted molar refractivity (Wildman–Crippen MR) is 99.7 cm³/mol. The summed E-state index contributed by atoms with van der Waals surface area (Å²) in [5.41, 5.74) is 2.02. The third-order valence-corrected chi connectivity index (χ3v) is 5.61. The Morgan fingerprint density at radius 2 is 1.96 bits per heavy atom. The Bertz CT molecular complexity index is 994. The van der Waals surface area contributed by atoms with E-state index in [-0.39, 0.29) is 24.2 Å². The summed E-state index contributed by atoms with van der Waals surface area (Å²) < 4.78 is 12.6. The van der Waals surface area contributed by atoms with Gasteiger partial charge in [0.15, 0.2) is 11.5 Å². The Morgan fingerprint density at radius 3 is 2.89 bits per heavy atom. The molecule has 2 bridgehead atoms. The molecule has 0 spiro atoms. The van der Waals surface area contributed by atoms with Crippen LogP contribution in [0.15, 0.2) is 47.3 Å². The molecule has 6 heteroatoms. The summed E-state index contributed by atoms with van der Waals surface area (Å²) in [7, 11) is 0. The Morgan fingerprint density at radius 1 is 1.07 bits per heavy atom. The van der Waals surface area contributed by atoms with Gasteiger partial charge in [-0.05, 0) is 42.2 Å². The standard InChI is InChI=1S/C21H20N2O4/c24-20(7-5-14-4-6-18-19(9-14)27-13-26-18)22-10-15-8-16(12-22)17-2-1-3-21(25)23(17)11-15/h1-7,9,15-16H,8,10-13H2/b7-5+/t15-,16+/m1/s1. The zero-order valence-electron chi connectivity index (χ0n) is 14.8. The van der Waals surface area contributed by atoms with Crippen LogP contribution in [-0.4, -0.2) is 35.3 Å². The maximum atomic E-state index is 12.7. The van der Waals surface area contributed by atoms with Crippen molar-refractivity contribution in [3.8, 4) is 11.5 Å². The van der Waals surface area contributed by atoms with Crippen molar-refractivity contribution in [3.63, 3.8) is 0 Å². The quantitative estimate of drug-likeness (QED) is 0.767. The van der Waals surface area contributed by atoms with Crippen molar-refractivity contribution in [2.75, 3.05) is 19.9 Å². The molecule has 1 saturated heterocycles. The van der Waals surface area contributed by atoms with Crippen LogP contribution < -0.4 is 15.0 Å². The average molecular weight is 364 g/mol. The number of hydrogen-bond donors (Lipinski definition) is 0. The monoisotopic (exact) mass is 364 g/mol. The van der Waals surface area contributed by atoms with Crippen molar-refractivity contribution in [3.05, 3.63) is 64.1 Å². The van der Waals surface area contributed by atoms with Gasteiger partial charge in [-0.1, -0.05) is 12.1 Å². The van der Waals surface area contributed by atoms with Crippen LogP contribution in [0.25, 0.3) is 6.08 Å². The van der Waals surface area contributed by atoms with Crippen molar-refractivity contribution >= 4 is 12.0 Å². The molecule has 1 fully saturated rings. The highest BCUT2D eigenvalue weighted by atomic mass is 16.7. The number of carbonyl (C=O) groups excluding carboxylic acids is 1. The normalized spacial score (nSPS) is 22.7. The first-order valence-corrected chi connectivity index (χ1v) is 9.24. The highest BCUT2D eigenvalue weighted by molar-refractivity contribution is 5.92. The molecule has 3 aliphatic rings. The van der Waals surface area contributed by atoms with E-state index in [1.54, 1.807) is 12.1 Å². The van der Waals surface area contributed by atoms with E-state index in [9.17, 15) is 9.59 Å². The van der Waals surface area contributed by atoms with Gasteiger partial charge in [0.05, 0.1) is 0 Å². The van der Waals surface area contributed by atoms with Gasteiger partial charge in [-0.25, -0.2) is 0 Å². The number of rotatable bonds is 2. The van der Waals surface area contributed by atoms with Gasteiger partial charge in [-0.15, -0.1) is 0 Å². The molecule has 4 heterocycles. The van der Waals surface area contributed by atoms with Crippen LogP contribution in [-0.2, 0) is 11.3 Å². The third kappa shape index (κ3) is 2.91. The number of hydrogen-bond acceptors (Lipinski definition) is 4. The molecule has 1 aromatic carbocycles. The van der Waals surface area contributed by atoms with Gasteiger partial charge < -0.3 is 18.9 Å². The van der Waals surface area contributed by atoms with Crippen LogP contribution in [0.5, 0.6) is 11.5 Å². The van der Waals surface area contributed by atoms with E-state index >= 15 is 0 Å². The summed E-state index contributed by atoms with van der Waals surface area (Å²) >= 11 is 0. The zero-order valence-corrected chi connectivity index (χ0v) is 14.8. The molecule has 5 rings (SSSR count). The SMILES string of the molecule is O=C(/C=C/c1ccc2c(c1)OCO2)N1C[C@H]2C[C@@H](C1)c1cccc(=O)n1C2. The Hall–Kier alpha value is -3.02. The molecular weight excluding hydrogens is 344 g/mol. The second-order valence-corrected chi connectivity index (χ2v) is 7.39. The summed E-state index contributed by atoms with van der Waals surface area (Å²) in [6.07, 6.45) is 4.48. The molecular formula is C21H20N2O4. The maximum Gasteiger partial charge on any atom is 0.250 e. The van der Waals surface area contributed by atoms with Crippen molar-refractivity contribution < 1.29 is 14.3 Å². The van der Waals surface area contributed by atoms with Crippen molar-refractivity contribution in [1.82, 2.24) is 9.47 Å². The Kier molecular flexibility index (Phi) is 3.77. The van der Waals surface area contributed by atoms with Gasteiger partial charge >= 0.3 is 0 Å². The first-order valence-electron chi connectivity index (χ1n) is 9.24. The van der Waals surface area contributed by atoms with Crippen LogP contribution in [0.1, 0.15) is 23.6 Å². The third-order valence-electron chi connectivity index (χ3n) is 5.61. The van der Waals surface area contributed by atoms with Gasteiger partial charge in [0.25, 0.3) is 5.56 Å². The lowest BCUT2D eigenvalue weighted by Gasteiger charge is -2.42. The van der Waals surface area contributed by atoms with Crippen molar-refractivity contribution in [1.29, 1.82) is 0 Å². The topological polar surface area (TPSA) is 60.8 Å². The second-order valence-electron chi connectivity index (χ2n) is 7.39. The van der Waals surface area contributed by atoms with Gasteiger partial charge in [0, 0.05) is 43.4 Å². The number of nitrogens with zero attached hydrogens (tertiary/aromatic N) is 2. The first-order chi connectivity index (χ1) is 13.2. The zero-order chi connectivity index (χ0) is 18.4. The van der Waals surface area contributed by atoms with Crippen LogP contribution in [0, 0.1) is 5.92 Å². The Labute approximate surface area is 156 Å². The number of pyridine rings is 1. The largest absolute Gasteiger partial charge is 0.454 e. The number of fused-ring (bicyclic) bond motifs is 5. The number of piperidine rings is 1. The van der Waals surface area contributed by atoms with E-state index in [1.807, 2.05) is 45.9 Å². The minimum atomic E-state index is 0.00842. The summed E-state index contributed by atoms with van der Waals surface area (Å²) in [6.45, 7) is 2.29. The van der Waals surface area contributed by atoms with E-state index in [0.29, 0.717) is 31.3 Å². The van der Waals surface area contributed by atoms with E-state index in [0.717, 1.165) is 23.4 Å². The summed E-state index contributed by atoms with van der Waals surface area (Å²) in [5.74, 6) is 2.01. The van der Waals surface area contributed by atoms with E-state index in [2.05, 4.69) is 0 Å². The number of amides is 1. The molecule has 1 aromatic heterocycles. The molecule has 0 N–H and O–H groups in total. The van der Waals surface area contributed by atoms with E-state index in [1.165, 1.54) is 0 Å². The number of benzene rings is 1. The lowest BCUT2D eigenvalue weighted by molar-refractivity contribution is -0.128. The van der Waals surface area contributed by atoms with Crippen LogP contribution in [0.2, 0.25) is 0 Å². The van der Waals surface area contributed by atoms with Crippen LogP contribution in [0.4, 0.5) is 0 Å². The number of ether oxygens (including phenoxy) is 2. The summed E-state index contributed by atoms with van der Waals surface area (Å²) in [6, 6.07) is 11.1. The molecule has 6 nitrogen and oxygen atoms in total. The Balaban J connectivity index is 1.33. The van der Waals surface area contributed by atoms with Crippen LogP contribution >= 0.6 is 0 Å². The molecule has 3 aliphatic heterocycles. The average Bonchev–Trinajstić information content (AvgIpc) is 3.14. The molecule has 2 atom stereocenters. The molecule has 0 radical (unpaired) electrons. The molecule has 2 aromatic rings. The summed E-state index contributed by atoms with van der Waals surface area (Å²) in [5, 5.41) is 0. The first kappa shape index (κ1) is 16.2. The predicted octanol–water partition coefficient (Wildman–Crippen LogP) is 2.24. The van der Waals surface area contributed by atoms with Gasteiger partial charge in [-0.3, -0.25) is 9.59 Å². The molecule has 138 valence electrons. The van der Waals surface area contributed by atoms with Gasteiger partial charge in [-0.2, -0.15) is 0 Å². The lowest BCUT2D eigenvalue weighted by Crippen LogP contribution is -2.48. The molecule has 1 amide bonds. The fourth-order valence-corrected chi connectivity index (χ4v) is 4.37. The maximum absolute atomic E-state index is 12.7. The second kappa shape index (κ2) is 6.30. The lowest BCUT2D eigenvalue weighted by atomic mass is 9.83. The molecule has 27 heavy (non-hydrogen) atoms. The molecule has 0 saturated carbocycles. The molecule has 0 aliphatic carbocycles. The van der Waals surface area contributed by atoms with Crippen molar-refractivity contribution in [2.45, 2.75) is 18.9 Å². The van der Waals surface area contributed by atoms with E-state index < -0.39 is 0 Å². The fourth-order valence-electron chi connectivity index (χ4n) is 4.37.